The third-order valence-corrected chi connectivity index (χ3v) is 2.56. The molecule has 0 radical (unpaired) electrons. The normalized spacial score (nSPS) is 11.6. The third-order valence-electron chi connectivity index (χ3n) is 2.56. The Morgan fingerprint density at radius 1 is 1.21 bits per heavy atom. The molecule has 0 spiro atoms. The summed E-state index contributed by atoms with van der Waals surface area (Å²) in [6, 6.07) is 0. The van der Waals surface area contributed by atoms with Crippen LogP contribution in [0.25, 0.3) is 0 Å². The lowest BCUT2D eigenvalue weighted by atomic mass is 9.85. The lowest BCUT2D eigenvalue weighted by molar-refractivity contribution is -0.138. The second-order valence-corrected chi connectivity index (χ2v) is 4.14. The van der Waals surface area contributed by atoms with Gasteiger partial charge in [0.15, 0.2) is 0 Å². The highest BCUT2D eigenvalue weighted by atomic mass is 16.4. The Morgan fingerprint density at radius 3 is 1.93 bits per heavy atom. The summed E-state index contributed by atoms with van der Waals surface area (Å²) in [4.78, 5) is 10.7. The quantitative estimate of drug-likeness (QED) is 0.634. The minimum Gasteiger partial charge on any atom is -0.481 e. The number of unbranched alkanes of at least 4 members (excludes halogenated alkanes) is 2. The van der Waals surface area contributed by atoms with Crippen LogP contribution in [0.1, 0.15) is 58.8 Å². The molecule has 0 aliphatic heterocycles. The van der Waals surface area contributed by atoms with E-state index in [0.29, 0.717) is 0 Å². The van der Waals surface area contributed by atoms with E-state index < -0.39 is 11.5 Å². The molecule has 0 saturated heterocycles. The molecule has 0 rings (SSSR count). The van der Waals surface area contributed by atoms with E-state index >= 15 is 0 Å². The fraction of sp³-hybridized carbons (Fsp3) is 0.909. The van der Waals surface area contributed by atoms with E-state index in [-0.39, 0.29) is 6.42 Å². The zero-order chi connectivity index (χ0) is 11.0. The first-order valence-electron chi connectivity index (χ1n) is 5.54. The summed E-state index contributed by atoms with van der Waals surface area (Å²) in [6.07, 6.45) is 5.95. The summed E-state index contributed by atoms with van der Waals surface area (Å²) in [5, 5.41) is 8.77. The predicted octanol–water partition coefficient (Wildman–Crippen LogP) is 2.54. The molecule has 0 atom stereocenters. The molecule has 0 aromatic rings. The summed E-state index contributed by atoms with van der Waals surface area (Å²) in [5.41, 5.74) is 5.62. The van der Waals surface area contributed by atoms with Gasteiger partial charge in [0, 0.05) is 5.54 Å². The van der Waals surface area contributed by atoms with Crippen LogP contribution in [-0.4, -0.2) is 16.6 Å². The summed E-state index contributed by atoms with van der Waals surface area (Å²) in [7, 11) is 0. The molecule has 3 nitrogen and oxygen atoms in total. The zero-order valence-electron chi connectivity index (χ0n) is 9.38. The average molecular weight is 201 g/mol. The molecular formula is C11H23NO2. The van der Waals surface area contributed by atoms with E-state index in [9.17, 15) is 4.79 Å². The average Bonchev–Trinajstić information content (AvgIpc) is 2.11. The number of carbonyl (C=O) groups is 1. The predicted molar refractivity (Wildman–Crippen MR) is 58.2 cm³/mol. The number of carboxylic acids is 1. The van der Waals surface area contributed by atoms with E-state index in [1.54, 1.807) is 0 Å². The van der Waals surface area contributed by atoms with Gasteiger partial charge in [-0.3, -0.25) is 4.79 Å². The van der Waals surface area contributed by atoms with Crippen molar-refractivity contribution in [3.63, 3.8) is 0 Å². The molecule has 0 heterocycles. The highest BCUT2D eigenvalue weighted by Gasteiger charge is 2.26. The highest BCUT2D eigenvalue weighted by Crippen LogP contribution is 2.22. The molecule has 0 amide bonds. The Labute approximate surface area is 86.7 Å². The van der Waals surface area contributed by atoms with E-state index in [2.05, 4.69) is 13.8 Å². The second-order valence-electron chi connectivity index (χ2n) is 4.14. The summed E-state index contributed by atoms with van der Waals surface area (Å²) < 4.78 is 0. The van der Waals surface area contributed by atoms with Gasteiger partial charge in [0.05, 0.1) is 6.42 Å². The maximum atomic E-state index is 10.7. The van der Waals surface area contributed by atoms with Gasteiger partial charge >= 0.3 is 5.97 Å². The minimum absolute atomic E-state index is 0.104. The molecule has 0 aliphatic rings. The van der Waals surface area contributed by atoms with Crippen LogP contribution in [0.2, 0.25) is 0 Å². The van der Waals surface area contributed by atoms with Crippen LogP contribution < -0.4 is 5.73 Å². The maximum absolute atomic E-state index is 10.7. The summed E-state index contributed by atoms with van der Waals surface area (Å²) in [6.45, 7) is 4.20. The van der Waals surface area contributed by atoms with Crippen molar-refractivity contribution < 1.29 is 9.90 Å². The maximum Gasteiger partial charge on any atom is 0.305 e. The SMILES string of the molecule is CCCCC(N)(CCCC)CC(=O)O. The first kappa shape index (κ1) is 13.4. The van der Waals surface area contributed by atoms with Crippen molar-refractivity contribution in [1.29, 1.82) is 0 Å². The first-order chi connectivity index (χ1) is 6.54. The second kappa shape index (κ2) is 6.82. The van der Waals surface area contributed by atoms with Crippen LogP contribution in [0.3, 0.4) is 0 Å². The Balaban J connectivity index is 4.09. The Kier molecular flexibility index (Phi) is 6.54. The number of nitrogens with two attached hydrogens (primary N) is 1. The smallest absolute Gasteiger partial charge is 0.305 e. The van der Waals surface area contributed by atoms with Crippen LogP contribution in [0.5, 0.6) is 0 Å². The Hall–Kier alpha value is -0.570. The largest absolute Gasteiger partial charge is 0.481 e. The molecule has 84 valence electrons. The zero-order valence-corrected chi connectivity index (χ0v) is 9.38. The number of hydrogen-bond donors (Lipinski definition) is 2. The first-order valence-corrected chi connectivity index (χ1v) is 5.54. The molecule has 0 unspecified atom stereocenters. The molecule has 0 bridgehead atoms. The van der Waals surface area contributed by atoms with Gasteiger partial charge < -0.3 is 10.8 Å². The third kappa shape index (κ3) is 5.97. The van der Waals surface area contributed by atoms with E-state index in [1.807, 2.05) is 0 Å². The summed E-state index contributed by atoms with van der Waals surface area (Å²) in [5.74, 6) is -0.778. The number of rotatable bonds is 8. The highest BCUT2D eigenvalue weighted by molar-refractivity contribution is 5.68. The number of hydrogen-bond acceptors (Lipinski definition) is 2. The molecule has 0 aromatic carbocycles. The van der Waals surface area contributed by atoms with Crippen molar-refractivity contribution in [1.82, 2.24) is 0 Å². The van der Waals surface area contributed by atoms with Crippen LogP contribution in [0.15, 0.2) is 0 Å². The van der Waals surface area contributed by atoms with Gasteiger partial charge in [-0.05, 0) is 12.8 Å². The molecule has 0 aliphatic carbocycles. The van der Waals surface area contributed by atoms with Gasteiger partial charge in [0.1, 0.15) is 0 Å². The van der Waals surface area contributed by atoms with Crippen molar-refractivity contribution in [3.8, 4) is 0 Å². The molecule has 14 heavy (non-hydrogen) atoms. The van der Waals surface area contributed by atoms with Crippen molar-refractivity contribution in [2.45, 2.75) is 64.3 Å². The van der Waals surface area contributed by atoms with Crippen molar-refractivity contribution >= 4 is 5.97 Å². The fourth-order valence-corrected chi connectivity index (χ4v) is 1.66. The van der Waals surface area contributed by atoms with E-state index in [4.69, 9.17) is 10.8 Å². The van der Waals surface area contributed by atoms with E-state index in [0.717, 1.165) is 38.5 Å². The van der Waals surface area contributed by atoms with Crippen LogP contribution in [-0.2, 0) is 4.79 Å². The Morgan fingerprint density at radius 2 is 1.64 bits per heavy atom. The standard InChI is InChI=1S/C11H23NO2/c1-3-5-7-11(12,8-6-4-2)9-10(13)14/h3-9,12H2,1-2H3,(H,13,14). The van der Waals surface area contributed by atoms with Crippen LogP contribution >= 0.6 is 0 Å². The molecule has 0 saturated carbocycles. The molecule has 0 fully saturated rings. The van der Waals surface area contributed by atoms with Crippen molar-refractivity contribution in [2.75, 3.05) is 0 Å². The fourth-order valence-electron chi connectivity index (χ4n) is 1.66. The molecular weight excluding hydrogens is 178 g/mol. The molecule has 3 heteroatoms. The minimum atomic E-state index is -0.778. The van der Waals surface area contributed by atoms with E-state index in [1.165, 1.54) is 0 Å². The lowest BCUT2D eigenvalue weighted by Crippen LogP contribution is -2.41. The van der Waals surface area contributed by atoms with Gasteiger partial charge in [-0.15, -0.1) is 0 Å². The molecule has 0 aromatic heterocycles. The number of aliphatic carboxylic acids is 1. The van der Waals surface area contributed by atoms with Gasteiger partial charge in [-0.2, -0.15) is 0 Å². The van der Waals surface area contributed by atoms with Crippen molar-refractivity contribution in [2.24, 2.45) is 5.73 Å². The Bertz CT molecular complexity index is 161. The lowest BCUT2D eigenvalue weighted by Gasteiger charge is -2.27. The van der Waals surface area contributed by atoms with Gasteiger partial charge in [0.2, 0.25) is 0 Å². The topological polar surface area (TPSA) is 63.3 Å². The van der Waals surface area contributed by atoms with Gasteiger partial charge in [-0.1, -0.05) is 39.5 Å². The monoisotopic (exact) mass is 201 g/mol. The van der Waals surface area contributed by atoms with Gasteiger partial charge in [-0.25, -0.2) is 0 Å². The van der Waals surface area contributed by atoms with Gasteiger partial charge in [0.25, 0.3) is 0 Å². The van der Waals surface area contributed by atoms with Crippen molar-refractivity contribution in [3.05, 3.63) is 0 Å². The summed E-state index contributed by atoms with van der Waals surface area (Å²) >= 11 is 0. The van der Waals surface area contributed by atoms with Crippen LogP contribution in [0, 0.1) is 0 Å². The molecule has 3 N–H and O–H groups in total. The van der Waals surface area contributed by atoms with Crippen LogP contribution in [0.4, 0.5) is 0 Å². The number of carboxylic acid groups (broad SMARTS) is 1.